The zero-order valence-corrected chi connectivity index (χ0v) is 20.9. The van der Waals surface area contributed by atoms with Gasteiger partial charge in [0.25, 0.3) is 11.8 Å². The normalized spacial score (nSPS) is 19.3. The highest BCUT2D eigenvalue weighted by molar-refractivity contribution is 8.00. The fourth-order valence-corrected chi connectivity index (χ4v) is 5.90. The van der Waals surface area contributed by atoms with Crippen molar-refractivity contribution in [3.8, 4) is 11.3 Å². The molecule has 1 saturated heterocycles. The van der Waals surface area contributed by atoms with Crippen molar-refractivity contribution in [1.82, 2.24) is 20.4 Å². The minimum atomic E-state index is -1.21. The molecule has 190 valence electrons. The van der Waals surface area contributed by atoms with Gasteiger partial charge in [0.05, 0.1) is 6.20 Å². The third-order valence-electron chi connectivity index (χ3n) is 5.69. The molecule has 37 heavy (non-hydrogen) atoms. The van der Waals surface area contributed by atoms with Gasteiger partial charge in [0.2, 0.25) is 0 Å². The zero-order chi connectivity index (χ0) is 26.1. The van der Waals surface area contributed by atoms with E-state index in [1.165, 1.54) is 23.8 Å². The first kappa shape index (κ1) is 24.5. The molecule has 0 radical (unpaired) electrons. The van der Waals surface area contributed by atoms with Crippen LogP contribution in [0.15, 0.2) is 63.1 Å². The topological polar surface area (TPSA) is 177 Å². The molecular weight excluding hydrogens is 522 g/mol. The number of nitrogens with one attached hydrogen (secondary N) is 1. The van der Waals surface area contributed by atoms with Gasteiger partial charge in [0.15, 0.2) is 35.5 Å². The monoisotopic (exact) mass is 542 g/mol. The van der Waals surface area contributed by atoms with Crippen LogP contribution in [0.5, 0.6) is 0 Å². The lowest BCUT2D eigenvalue weighted by Crippen LogP contribution is -2.71. The van der Waals surface area contributed by atoms with Crippen LogP contribution in [0.4, 0.5) is 5.13 Å². The van der Waals surface area contributed by atoms with Gasteiger partial charge in [-0.25, -0.2) is 14.3 Å². The molecule has 2 aliphatic rings. The molecule has 2 amide bonds. The Kier molecular flexibility index (Phi) is 6.62. The average molecular weight is 543 g/mol. The lowest BCUT2D eigenvalue weighted by molar-refractivity contribution is -0.689. The van der Waals surface area contributed by atoms with Crippen molar-refractivity contribution in [3.05, 3.63) is 59.1 Å². The lowest BCUT2D eigenvalue weighted by Gasteiger charge is -2.49. The second kappa shape index (κ2) is 10.0. The number of anilines is 1. The standard InChI is InChI=1S/C22H19N7O6S2/c1-34-27-15(13-10-37-22(23)25-13)18(30)26-16-19(31)29-17(21(32)33)12(9-36-20(16)29)8-28-6-3-11(4-7-28)14-2-5-24-35-14/h2-7,10,16,20H,8-9H2,1H3,(H3-,23,25,26,30,32,33)/p+1/b27-15-/t16-,20+/m1/s1. The van der Waals surface area contributed by atoms with Crippen LogP contribution in [-0.2, 0) is 25.8 Å². The van der Waals surface area contributed by atoms with Crippen LogP contribution in [0.1, 0.15) is 5.69 Å². The minimum Gasteiger partial charge on any atom is -0.477 e. The molecule has 0 unspecified atom stereocenters. The van der Waals surface area contributed by atoms with Crippen LogP contribution in [0.2, 0.25) is 0 Å². The molecular formula is C22H20N7O6S2+. The second-order valence-electron chi connectivity index (χ2n) is 7.95. The Bertz CT molecular complexity index is 1420. The fraction of sp³-hybridized carbons (Fsp3) is 0.227. The third kappa shape index (κ3) is 4.65. The predicted octanol–water partition coefficient (Wildman–Crippen LogP) is 0.457. The molecule has 0 aliphatic carbocycles. The number of aromatic nitrogens is 3. The molecule has 13 nitrogen and oxygen atoms in total. The number of nitrogens with two attached hydrogens (primary N) is 1. The molecule has 5 heterocycles. The predicted molar refractivity (Wildman–Crippen MR) is 132 cm³/mol. The molecule has 2 atom stereocenters. The van der Waals surface area contributed by atoms with E-state index in [4.69, 9.17) is 15.1 Å². The first-order valence-electron chi connectivity index (χ1n) is 10.8. The number of fused-ring (bicyclic) bond motifs is 1. The number of nitrogen functional groups attached to an aromatic ring is 1. The van der Waals surface area contributed by atoms with Crippen molar-refractivity contribution < 1.29 is 33.4 Å². The van der Waals surface area contributed by atoms with Gasteiger partial charge in [0.1, 0.15) is 29.9 Å². The summed E-state index contributed by atoms with van der Waals surface area (Å²) in [4.78, 5) is 48.1. The second-order valence-corrected chi connectivity index (χ2v) is 9.94. The number of thioether (sulfide) groups is 1. The Morgan fingerprint density at radius 1 is 1.38 bits per heavy atom. The molecule has 4 N–H and O–H groups in total. The molecule has 0 saturated carbocycles. The summed E-state index contributed by atoms with van der Waals surface area (Å²) in [6, 6.07) is 4.47. The van der Waals surface area contributed by atoms with E-state index in [9.17, 15) is 19.5 Å². The quantitative estimate of drug-likeness (QED) is 0.157. The number of amides is 2. The number of hydrogen-bond donors (Lipinski definition) is 3. The van der Waals surface area contributed by atoms with Crippen LogP contribution >= 0.6 is 23.1 Å². The van der Waals surface area contributed by atoms with Crippen LogP contribution < -0.4 is 15.6 Å². The molecule has 15 heteroatoms. The first-order valence-corrected chi connectivity index (χ1v) is 12.7. The number of nitrogens with zero attached hydrogens (tertiary/aromatic N) is 5. The van der Waals surface area contributed by atoms with E-state index in [0.717, 1.165) is 16.9 Å². The summed E-state index contributed by atoms with van der Waals surface area (Å²) in [5.74, 6) is -1.44. The number of oxime groups is 1. The van der Waals surface area contributed by atoms with Gasteiger partial charge in [-0.15, -0.1) is 23.1 Å². The smallest absolute Gasteiger partial charge is 0.352 e. The number of carbonyl (C=O) groups excluding carboxylic acids is 2. The summed E-state index contributed by atoms with van der Waals surface area (Å²) in [5.41, 5.74) is 7.04. The highest BCUT2D eigenvalue weighted by Crippen LogP contribution is 2.40. The average Bonchev–Trinajstić information content (AvgIpc) is 3.58. The van der Waals surface area contributed by atoms with Gasteiger partial charge in [-0.2, -0.15) is 0 Å². The molecule has 3 aromatic rings. The highest BCUT2D eigenvalue weighted by Gasteiger charge is 2.54. The van der Waals surface area contributed by atoms with Crippen molar-refractivity contribution in [2.75, 3.05) is 18.6 Å². The zero-order valence-electron chi connectivity index (χ0n) is 19.2. The Morgan fingerprint density at radius 3 is 2.78 bits per heavy atom. The molecule has 3 aromatic heterocycles. The number of aliphatic carboxylic acids is 1. The lowest BCUT2D eigenvalue weighted by atomic mass is 10.0. The number of β-lactam (4-membered cyclic amide) rings is 1. The van der Waals surface area contributed by atoms with Crippen LogP contribution in [0.25, 0.3) is 11.3 Å². The van der Waals surface area contributed by atoms with Crippen LogP contribution in [0.3, 0.4) is 0 Å². The number of hydrogen-bond acceptors (Lipinski definition) is 11. The number of rotatable bonds is 8. The van der Waals surface area contributed by atoms with Gasteiger partial charge >= 0.3 is 5.97 Å². The van der Waals surface area contributed by atoms with Crippen molar-refractivity contribution >= 4 is 51.7 Å². The molecule has 2 aliphatic heterocycles. The Hall–Kier alpha value is -4.24. The van der Waals surface area contributed by atoms with E-state index < -0.39 is 29.2 Å². The Labute approximate surface area is 217 Å². The van der Waals surface area contributed by atoms with Crippen molar-refractivity contribution in [2.45, 2.75) is 18.0 Å². The van der Waals surface area contributed by atoms with E-state index >= 15 is 0 Å². The maximum Gasteiger partial charge on any atom is 0.352 e. The Morgan fingerprint density at radius 2 is 2.16 bits per heavy atom. The van der Waals surface area contributed by atoms with E-state index in [0.29, 0.717) is 17.1 Å². The van der Waals surface area contributed by atoms with E-state index in [1.54, 1.807) is 30.0 Å². The van der Waals surface area contributed by atoms with Gasteiger partial charge < -0.3 is 25.5 Å². The van der Waals surface area contributed by atoms with Crippen molar-refractivity contribution in [1.29, 1.82) is 0 Å². The minimum absolute atomic E-state index is 0.0795. The van der Waals surface area contributed by atoms with Crippen molar-refractivity contribution in [2.24, 2.45) is 5.16 Å². The fourth-order valence-electron chi connectivity index (χ4n) is 4.02. The number of pyridine rings is 1. The summed E-state index contributed by atoms with van der Waals surface area (Å²) in [7, 11) is 1.28. The molecule has 5 rings (SSSR count). The highest BCUT2D eigenvalue weighted by atomic mass is 32.2. The number of carboxylic acids is 1. The van der Waals surface area contributed by atoms with Gasteiger partial charge in [-0.1, -0.05) is 10.3 Å². The summed E-state index contributed by atoms with van der Waals surface area (Å²) >= 11 is 2.50. The molecule has 0 aromatic carbocycles. The van der Waals surface area contributed by atoms with Crippen LogP contribution in [-0.4, -0.2) is 67.9 Å². The van der Waals surface area contributed by atoms with Crippen LogP contribution in [0, 0.1) is 0 Å². The molecule has 1 fully saturated rings. The largest absolute Gasteiger partial charge is 0.477 e. The number of carboxylic acid groups (broad SMARTS) is 1. The molecule has 0 spiro atoms. The van der Waals surface area contributed by atoms with Gasteiger partial charge in [0, 0.05) is 40.5 Å². The number of thiazole rings is 1. The summed E-state index contributed by atoms with van der Waals surface area (Å²) in [6.45, 7) is 0.273. The van der Waals surface area contributed by atoms with Gasteiger partial charge in [-0.05, 0) is 0 Å². The molecule has 0 bridgehead atoms. The van der Waals surface area contributed by atoms with E-state index in [2.05, 4.69) is 20.6 Å². The first-order chi connectivity index (χ1) is 17.9. The summed E-state index contributed by atoms with van der Waals surface area (Å²) in [5, 5.41) is 21.2. The maximum absolute atomic E-state index is 13.0. The summed E-state index contributed by atoms with van der Waals surface area (Å²) < 4.78 is 6.96. The SMILES string of the molecule is CO/N=C(\C(=O)N[C@@H]1C(=O)N2C(C(=O)O)=C(C[n+]3ccc(-c4ccno4)cc3)CS[C@@H]12)c1csc(N)n1. The maximum atomic E-state index is 13.0. The van der Waals surface area contributed by atoms with E-state index in [1.807, 2.05) is 16.7 Å². The third-order valence-corrected chi connectivity index (χ3v) is 7.70. The Balaban J connectivity index is 1.32. The van der Waals surface area contributed by atoms with E-state index in [-0.39, 0.29) is 28.8 Å². The summed E-state index contributed by atoms with van der Waals surface area (Å²) in [6.07, 6.45) is 5.14. The van der Waals surface area contributed by atoms with Gasteiger partial charge in [-0.3, -0.25) is 14.5 Å². The van der Waals surface area contributed by atoms with Crippen molar-refractivity contribution in [3.63, 3.8) is 0 Å². The number of carbonyl (C=O) groups is 3.